The minimum atomic E-state index is -4.15. The summed E-state index contributed by atoms with van der Waals surface area (Å²) in [5.74, 6) is 0.509. The molecule has 41 heavy (non-hydrogen) atoms. The van der Waals surface area contributed by atoms with Crippen molar-refractivity contribution in [1.82, 2.24) is 10.2 Å². The zero-order valence-electron chi connectivity index (χ0n) is 24.5. The lowest BCUT2D eigenvalue weighted by molar-refractivity contribution is -0.139. The first-order valence-corrected chi connectivity index (χ1v) is 14.8. The fourth-order valence-electron chi connectivity index (χ4n) is 4.12. The number of aryl methyl sites for hydroxylation is 1. The van der Waals surface area contributed by atoms with Crippen LogP contribution in [0.4, 0.5) is 5.69 Å². The maximum atomic E-state index is 14.0. The van der Waals surface area contributed by atoms with Crippen molar-refractivity contribution in [3.8, 4) is 11.5 Å². The maximum Gasteiger partial charge on any atom is 0.264 e. The second-order valence-electron chi connectivity index (χ2n) is 10.2. The standard InChI is InChI=1S/C31H39N3O6S/c1-22(2)19-32-31(36)24(4)33(20-25-8-7-9-28(18-25)40-6)30(35)21-34(26-12-14-27(39-5)15-13-26)41(37,38)29-16-10-23(3)11-17-29/h7-18,22,24H,19-21H2,1-6H3,(H,32,36). The van der Waals surface area contributed by atoms with E-state index in [2.05, 4.69) is 5.32 Å². The van der Waals surface area contributed by atoms with E-state index in [1.807, 2.05) is 26.8 Å². The monoisotopic (exact) mass is 581 g/mol. The third kappa shape index (κ3) is 8.23. The number of amides is 2. The van der Waals surface area contributed by atoms with Gasteiger partial charge in [0.05, 0.1) is 24.8 Å². The van der Waals surface area contributed by atoms with E-state index in [9.17, 15) is 18.0 Å². The topological polar surface area (TPSA) is 105 Å². The summed E-state index contributed by atoms with van der Waals surface area (Å²) in [6.45, 7) is 7.47. The highest BCUT2D eigenvalue weighted by molar-refractivity contribution is 7.92. The molecule has 0 fully saturated rings. The van der Waals surface area contributed by atoms with Crippen LogP contribution in [0.15, 0.2) is 77.7 Å². The molecule has 10 heteroatoms. The largest absolute Gasteiger partial charge is 0.497 e. The van der Waals surface area contributed by atoms with Gasteiger partial charge in [0.15, 0.2) is 0 Å². The quantitative estimate of drug-likeness (QED) is 0.321. The van der Waals surface area contributed by atoms with Gasteiger partial charge in [0.2, 0.25) is 11.8 Å². The Kier molecular flexibility index (Phi) is 10.8. The molecule has 0 aliphatic carbocycles. The Morgan fingerprint density at radius 2 is 1.51 bits per heavy atom. The van der Waals surface area contributed by atoms with Gasteiger partial charge < -0.3 is 19.7 Å². The molecule has 1 N–H and O–H groups in total. The predicted octanol–water partition coefficient (Wildman–Crippen LogP) is 4.40. The second kappa shape index (κ2) is 14.0. The summed E-state index contributed by atoms with van der Waals surface area (Å²) < 4.78 is 39.5. The number of hydrogen-bond acceptors (Lipinski definition) is 6. The molecule has 3 rings (SSSR count). The zero-order valence-corrected chi connectivity index (χ0v) is 25.3. The van der Waals surface area contributed by atoms with E-state index in [0.29, 0.717) is 18.0 Å². The number of sulfonamides is 1. The van der Waals surface area contributed by atoms with Gasteiger partial charge in [0.25, 0.3) is 10.0 Å². The van der Waals surface area contributed by atoms with Crippen LogP contribution in [-0.2, 0) is 26.2 Å². The molecule has 0 heterocycles. The fourth-order valence-corrected chi connectivity index (χ4v) is 5.53. The summed E-state index contributed by atoms with van der Waals surface area (Å²) in [4.78, 5) is 28.6. The lowest BCUT2D eigenvalue weighted by Crippen LogP contribution is -2.51. The molecule has 0 saturated heterocycles. The van der Waals surface area contributed by atoms with Gasteiger partial charge in [-0.1, -0.05) is 43.7 Å². The van der Waals surface area contributed by atoms with Crippen LogP contribution < -0.4 is 19.1 Å². The van der Waals surface area contributed by atoms with Gasteiger partial charge in [-0.15, -0.1) is 0 Å². The highest BCUT2D eigenvalue weighted by atomic mass is 32.2. The molecule has 0 aromatic heterocycles. The minimum absolute atomic E-state index is 0.0498. The summed E-state index contributed by atoms with van der Waals surface area (Å²) in [6.07, 6.45) is 0. The first kappa shape index (κ1) is 31.5. The Hall–Kier alpha value is -4.05. The van der Waals surface area contributed by atoms with Gasteiger partial charge in [0.1, 0.15) is 24.1 Å². The van der Waals surface area contributed by atoms with Gasteiger partial charge in [-0.2, -0.15) is 0 Å². The number of hydrogen-bond donors (Lipinski definition) is 1. The van der Waals surface area contributed by atoms with Gasteiger partial charge in [-0.3, -0.25) is 13.9 Å². The van der Waals surface area contributed by atoms with Crippen molar-refractivity contribution >= 4 is 27.5 Å². The molecular formula is C31H39N3O6S. The first-order chi connectivity index (χ1) is 19.5. The van der Waals surface area contributed by atoms with Crippen LogP contribution >= 0.6 is 0 Å². The molecule has 0 spiro atoms. The van der Waals surface area contributed by atoms with E-state index in [0.717, 1.165) is 15.4 Å². The highest BCUT2D eigenvalue weighted by Crippen LogP contribution is 2.27. The molecule has 1 unspecified atom stereocenters. The highest BCUT2D eigenvalue weighted by Gasteiger charge is 2.32. The summed E-state index contributed by atoms with van der Waals surface area (Å²) in [7, 11) is -1.08. The Bertz CT molecular complexity index is 1420. The average Bonchev–Trinajstić information content (AvgIpc) is 2.97. The number of nitrogens with zero attached hydrogens (tertiary/aromatic N) is 2. The molecular weight excluding hydrogens is 542 g/mol. The molecule has 0 saturated carbocycles. The molecule has 0 aliphatic heterocycles. The van der Waals surface area contributed by atoms with E-state index < -0.39 is 28.5 Å². The number of ether oxygens (including phenoxy) is 2. The number of rotatable bonds is 13. The molecule has 0 aliphatic rings. The number of benzene rings is 3. The summed E-state index contributed by atoms with van der Waals surface area (Å²) in [6, 6.07) is 19.2. The SMILES string of the molecule is COc1ccc(N(CC(=O)N(Cc2cccc(OC)c2)C(C)C(=O)NCC(C)C)S(=O)(=O)c2ccc(C)cc2)cc1. The molecule has 3 aromatic rings. The first-order valence-electron chi connectivity index (χ1n) is 13.4. The Labute approximate surface area is 243 Å². The third-order valence-corrected chi connectivity index (χ3v) is 8.38. The Balaban J connectivity index is 2.02. The van der Waals surface area contributed by atoms with Crippen molar-refractivity contribution in [1.29, 1.82) is 0 Å². The number of nitrogens with one attached hydrogen (secondary N) is 1. The molecule has 0 radical (unpaired) electrons. The predicted molar refractivity (Wildman–Crippen MR) is 160 cm³/mol. The van der Waals surface area contributed by atoms with Crippen molar-refractivity contribution in [3.63, 3.8) is 0 Å². The summed E-state index contributed by atoms with van der Waals surface area (Å²) in [5.41, 5.74) is 1.93. The van der Waals surface area contributed by atoms with Gasteiger partial charge in [-0.25, -0.2) is 8.42 Å². The van der Waals surface area contributed by atoms with Gasteiger partial charge in [0, 0.05) is 13.1 Å². The molecule has 3 aromatic carbocycles. The van der Waals surface area contributed by atoms with Crippen LogP contribution in [0, 0.1) is 12.8 Å². The van der Waals surface area contributed by atoms with Crippen LogP contribution in [0.3, 0.4) is 0 Å². The van der Waals surface area contributed by atoms with Gasteiger partial charge in [-0.05, 0) is 73.9 Å². The van der Waals surface area contributed by atoms with Gasteiger partial charge >= 0.3 is 0 Å². The number of methoxy groups -OCH3 is 2. The average molecular weight is 582 g/mol. The van der Waals surface area contributed by atoms with E-state index in [1.54, 1.807) is 68.6 Å². The fraction of sp³-hybridized carbons (Fsp3) is 0.355. The number of carbonyl (C=O) groups is 2. The third-order valence-electron chi connectivity index (χ3n) is 6.59. The van der Waals surface area contributed by atoms with E-state index >= 15 is 0 Å². The van der Waals surface area contributed by atoms with Crippen LogP contribution in [0.2, 0.25) is 0 Å². The van der Waals surface area contributed by atoms with E-state index in [1.165, 1.54) is 24.1 Å². The molecule has 220 valence electrons. The lowest BCUT2D eigenvalue weighted by atomic mass is 10.1. The summed E-state index contributed by atoms with van der Waals surface area (Å²) >= 11 is 0. The maximum absolute atomic E-state index is 14.0. The number of carbonyl (C=O) groups excluding carboxylic acids is 2. The normalized spacial score (nSPS) is 12.0. The van der Waals surface area contributed by atoms with Crippen LogP contribution in [0.25, 0.3) is 0 Å². The molecule has 9 nitrogen and oxygen atoms in total. The van der Waals surface area contributed by atoms with Crippen LogP contribution in [0.5, 0.6) is 11.5 Å². The Morgan fingerprint density at radius 3 is 2.10 bits per heavy atom. The van der Waals surface area contributed by atoms with Crippen molar-refractivity contribution in [2.45, 2.75) is 45.2 Å². The van der Waals surface area contributed by atoms with Crippen molar-refractivity contribution in [3.05, 3.63) is 83.9 Å². The molecule has 1 atom stereocenters. The van der Waals surface area contributed by atoms with Crippen molar-refractivity contribution < 1.29 is 27.5 Å². The minimum Gasteiger partial charge on any atom is -0.497 e. The van der Waals surface area contributed by atoms with Crippen LogP contribution in [0.1, 0.15) is 31.9 Å². The van der Waals surface area contributed by atoms with Crippen LogP contribution in [-0.4, -0.2) is 58.5 Å². The smallest absolute Gasteiger partial charge is 0.264 e. The molecule has 2 amide bonds. The van der Waals surface area contributed by atoms with Crippen molar-refractivity contribution in [2.24, 2.45) is 5.92 Å². The Morgan fingerprint density at radius 1 is 0.878 bits per heavy atom. The van der Waals surface area contributed by atoms with E-state index in [-0.39, 0.29) is 29.0 Å². The second-order valence-corrected chi connectivity index (χ2v) is 12.1. The summed E-state index contributed by atoms with van der Waals surface area (Å²) in [5, 5.41) is 2.88. The zero-order chi connectivity index (χ0) is 30.2. The molecule has 0 bridgehead atoms. The number of anilines is 1. The van der Waals surface area contributed by atoms with Crippen molar-refractivity contribution in [2.75, 3.05) is 31.6 Å². The lowest BCUT2D eigenvalue weighted by Gasteiger charge is -2.32. The van der Waals surface area contributed by atoms with E-state index in [4.69, 9.17) is 9.47 Å².